The van der Waals surface area contributed by atoms with E-state index in [1.807, 2.05) is 18.2 Å². The van der Waals surface area contributed by atoms with E-state index >= 15 is 0 Å². The van der Waals surface area contributed by atoms with Crippen molar-refractivity contribution in [3.63, 3.8) is 0 Å². The molecule has 3 heterocycles. The SMILES string of the molecule is CN(Cc1ccccn1)C(=O)[C@H]1C[C@@H]2CCN(S(=O)(=O)N(C)C)C[C@H]2O1. The molecule has 26 heavy (non-hydrogen) atoms. The van der Waals surface area contributed by atoms with E-state index in [1.165, 1.54) is 22.7 Å². The molecule has 1 amide bonds. The van der Waals surface area contributed by atoms with Crippen LogP contribution >= 0.6 is 0 Å². The summed E-state index contributed by atoms with van der Waals surface area (Å²) in [5, 5.41) is 0. The van der Waals surface area contributed by atoms with E-state index in [9.17, 15) is 13.2 Å². The van der Waals surface area contributed by atoms with Gasteiger partial charge in [0.05, 0.1) is 18.3 Å². The number of amides is 1. The third-order valence-electron chi connectivity index (χ3n) is 5.08. The topological polar surface area (TPSA) is 83.1 Å². The quantitative estimate of drug-likeness (QED) is 0.733. The molecule has 0 saturated carbocycles. The first kappa shape index (κ1) is 19.2. The highest BCUT2D eigenvalue weighted by Gasteiger charge is 2.45. The lowest BCUT2D eigenvalue weighted by atomic mass is 9.92. The number of aromatic nitrogens is 1. The van der Waals surface area contributed by atoms with Gasteiger partial charge < -0.3 is 9.64 Å². The van der Waals surface area contributed by atoms with Crippen molar-refractivity contribution in [2.24, 2.45) is 5.92 Å². The van der Waals surface area contributed by atoms with Gasteiger partial charge in [-0.25, -0.2) is 0 Å². The lowest BCUT2D eigenvalue weighted by Crippen LogP contribution is -2.49. The number of carbonyl (C=O) groups excluding carboxylic acids is 1. The maximum absolute atomic E-state index is 12.7. The van der Waals surface area contributed by atoms with Crippen LogP contribution in [0, 0.1) is 5.92 Å². The second-order valence-corrected chi connectivity index (χ2v) is 9.25. The number of ether oxygens (including phenoxy) is 1. The summed E-state index contributed by atoms with van der Waals surface area (Å²) in [7, 11) is 1.34. The van der Waals surface area contributed by atoms with E-state index < -0.39 is 16.3 Å². The van der Waals surface area contributed by atoms with Gasteiger partial charge in [-0.2, -0.15) is 17.0 Å². The Balaban J connectivity index is 1.60. The Morgan fingerprint density at radius 1 is 1.35 bits per heavy atom. The highest BCUT2D eigenvalue weighted by Crippen LogP contribution is 2.35. The highest BCUT2D eigenvalue weighted by atomic mass is 32.2. The molecule has 0 radical (unpaired) electrons. The molecule has 1 aromatic rings. The number of likely N-dealkylation sites (N-methyl/N-ethyl adjacent to an activating group) is 1. The molecule has 3 rings (SSSR count). The summed E-state index contributed by atoms with van der Waals surface area (Å²) >= 11 is 0. The fraction of sp³-hybridized carbons (Fsp3) is 0.647. The zero-order valence-corrected chi connectivity index (χ0v) is 16.2. The van der Waals surface area contributed by atoms with Gasteiger partial charge in [-0.1, -0.05) is 6.07 Å². The van der Waals surface area contributed by atoms with Crippen LogP contribution in [0.4, 0.5) is 0 Å². The Bertz CT molecular complexity index is 740. The molecule has 0 unspecified atom stereocenters. The molecule has 0 N–H and O–H groups in total. The van der Waals surface area contributed by atoms with Gasteiger partial charge in [0.1, 0.15) is 6.10 Å². The molecule has 0 spiro atoms. The molecule has 3 atom stereocenters. The number of nitrogens with zero attached hydrogens (tertiary/aromatic N) is 4. The minimum absolute atomic E-state index is 0.0768. The zero-order valence-electron chi connectivity index (χ0n) is 15.4. The maximum atomic E-state index is 12.7. The molecule has 0 aromatic carbocycles. The predicted octanol–water partition coefficient (Wildman–Crippen LogP) is 0.326. The Hall–Kier alpha value is -1.55. The Morgan fingerprint density at radius 3 is 2.77 bits per heavy atom. The van der Waals surface area contributed by atoms with Crippen LogP contribution in [0.1, 0.15) is 18.5 Å². The first-order valence-electron chi connectivity index (χ1n) is 8.77. The second-order valence-electron chi connectivity index (χ2n) is 7.11. The molecule has 9 heteroatoms. The second kappa shape index (κ2) is 7.59. The van der Waals surface area contributed by atoms with Gasteiger partial charge in [0.2, 0.25) is 0 Å². The highest BCUT2D eigenvalue weighted by molar-refractivity contribution is 7.86. The number of piperidine rings is 1. The molecule has 2 fully saturated rings. The van der Waals surface area contributed by atoms with Gasteiger partial charge in [-0.15, -0.1) is 0 Å². The number of fused-ring (bicyclic) bond motifs is 1. The first-order valence-corrected chi connectivity index (χ1v) is 10.2. The molecular weight excluding hydrogens is 356 g/mol. The van der Waals surface area contributed by atoms with Crippen LogP contribution in [0.3, 0.4) is 0 Å². The fourth-order valence-corrected chi connectivity index (χ4v) is 4.69. The van der Waals surface area contributed by atoms with Crippen molar-refractivity contribution in [1.29, 1.82) is 0 Å². The summed E-state index contributed by atoms with van der Waals surface area (Å²) in [6.45, 7) is 1.20. The summed E-state index contributed by atoms with van der Waals surface area (Å²) in [4.78, 5) is 18.6. The van der Waals surface area contributed by atoms with Crippen LogP contribution in [0.25, 0.3) is 0 Å². The van der Waals surface area contributed by atoms with Crippen LogP contribution in [0.2, 0.25) is 0 Å². The molecule has 144 valence electrons. The number of rotatable bonds is 5. The van der Waals surface area contributed by atoms with Crippen molar-refractivity contribution in [1.82, 2.24) is 18.5 Å². The average Bonchev–Trinajstić information content (AvgIpc) is 3.04. The molecule has 0 aliphatic carbocycles. The lowest BCUT2D eigenvalue weighted by Gasteiger charge is -2.34. The number of pyridine rings is 1. The van der Waals surface area contributed by atoms with Crippen LogP contribution < -0.4 is 0 Å². The molecular formula is C17H26N4O4S. The summed E-state index contributed by atoms with van der Waals surface area (Å²) in [5.41, 5.74) is 0.821. The molecule has 2 aliphatic rings. The zero-order chi connectivity index (χ0) is 18.9. The van der Waals surface area contributed by atoms with Crippen molar-refractivity contribution >= 4 is 16.1 Å². The maximum Gasteiger partial charge on any atom is 0.281 e. The van der Waals surface area contributed by atoms with Gasteiger partial charge in [0.15, 0.2) is 0 Å². The molecule has 1 aromatic heterocycles. The average molecular weight is 382 g/mol. The van der Waals surface area contributed by atoms with Crippen LogP contribution in [-0.4, -0.2) is 79.3 Å². The van der Waals surface area contributed by atoms with Gasteiger partial charge >= 0.3 is 0 Å². The van der Waals surface area contributed by atoms with Gasteiger partial charge in [-0.3, -0.25) is 9.78 Å². The molecule has 0 bridgehead atoms. The van der Waals surface area contributed by atoms with E-state index in [2.05, 4.69) is 4.98 Å². The van der Waals surface area contributed by atoms with Crippen LogP contribution in [0.5, 0.6) is 0 Å². The normalized spacial score (nSPS) is 26.7. The monoisotopic (exact) mass is 382 g/mol. The van der Waals surface area contributed by atoms with Gasteiger partial charge in [-0.05, 0) is 30.9 Å². The predicted molar refractivity (Wildman–Crippen MR) is 96.3 cm³/mol. The Morgan fingerprint density at radius 2 is 2.12 bits per heavy atom. The smallest absolute Gasteiger partial charge is 0.281 e. The number of hydrogen-bond donors (Lipinski definition) is 0. The summed E-state index contributed by atoms with van der Waals surface area (Å²) in [6, 6.07) is 5.60. The minimum atomic E-state index is -3.45. The van der Waals surface area contributed by atoms with E-state index in [0.29, 0.717) is 32.5 Å². The lowest BCUT2D eigenvalue weighted by molar-refractivity contribution is -0.142. The first-order chi connectivity index (χ1) is 12.3. The van der Waals surface area contributed by atoms with Gasteiger partial charge in [0.25, 0.3) is 16.1 Å². The number of carbonyl (C=O) groups is 1. The van der Waals surface area contributed by atoms with Gasteiger partial charge in [0, 0.05) is 40.4 Å². The summed E-state index contributed by atoms with van der Waals surface area (Å²) in [5.74, 6) is 0.146. The fourth-order valence-electron chi connectivity index (χ4n) is 3.56. The van der Waals surface area contributed by atoms with Crippen LogP contribution in [0.15, 0.2) is 24.4 Å². The van der Waals surface area contributed by atoms with E-state index in [1.54, 1.807) is 18.1 Å². The van der Waals surface area contributed by atoms with Crippen molar-refractivity contribution < 1.29 is 17.9 Å². The van der Waals surface area contributed by atoms with Crippen LogP contribution in [-0.2, 0) is 26.3 Å². The third kappa shape index (κ3) is 3.90. The summed E-state index contributed by atoms with van der Waals surface area (Å²) < 4.78 is 33.2. The molecule has 8 nitrogen and oxygen atoms in total. The third-order valence-corrected chi connectivity index (χ3v) is 6.99. The number of hydrogen-bond acceptors (Lipinski definition) is 5. The Labute approximate surface area is 154 Å². The molecule has 2 aliphatic heterocycles. The van der Waals surface area contributed by atoms with Crippen molar-refractivity contribution in [2.75, 3.05) is 34.2 Å². The Kier molecular flexibility index (Phi) is 5.61. The minimum Gasteiger partial charge on any atom is -0.363 e. The van der Waals surface area contributed by atoms with E-state index in [0.717, 1.165) is 5.69 Å². The summed E-state index contributed by atoms with van der Waals surface area (Å²) in [6.07, 6.45) is 2.32. The largest absolute Gasteiger partial charge is 0.363 e. The standard InChI is InChI=1S/C17H26N4O4S/c1-19(2)26(23,24)21-9-7-13-10-15(25-16(13)12-21)17(22)20(3)11-14-6-4-5-8-18-14/h4-6,8,13,15-16H,7,9-12H2,1-3H3/t13-,15+,16+/m0/s1. The molecule has 2 saturated heterocycles. The van der Waals surface area contributed by atoms with Crippen molar-refractivity contribution in [2.45, 2.75) is 31.6 Å². The van der Waals surface area contributed by atoms with E-state index in [-0.39, 0.29) is 17.9 Å². The van der Waals surface area contributed by atoms with E-state index in [4.69, 9.17) is 4.74 Å². The van der Waals surface area contributed by atoms with Crippen molar-refractivity contribution in [3.8, 4) is 0 Å². The van der Waals surface area contributed by atoms with Crippen molar-refractivity contribution in [3.05, 3.63) is 30.1 Å².